The van der Waals surface area contributed by atoms with E-state index in [1.165, 1.54) is 22.1 Å². The number of rotatable bonds is 5. The number of para-hydroxylation sites is 3. The Morgan fingerprint density at radius 3 is 2.77 bits per heavy atom. The Morgan fingerprint density at radius 2 is 1.97 bits per heavy atom. The van der Waals surface area contributed by atoms with Gasteiger partial charge in [0.15, 0.2) is 5.13 Å². The van der Waals surface area contributed by atoms with E-state index >= 15 is 0 Å². The topological polar surface area (TPSA) is 77.3 Å². The van der Waals surface area contributed by atoms with Gasteiger partial charge in [0.1, 0.15) is 6.54 Å². The van der Waals surface area contributed by atoms with Crippen molar-refractivity contribution in [2.45, 2.75) is 25.5 Å². The number of anilines is 1. The van der Waals surface area contributed by atoms with Crippen LogP contribution in [0.4, 0.5) is 5.13 Å². The molecule has 1 unspecified atom stereocenters. The minimum Gasteiger partial charge on any atom is -0.376 e. The van der Waals surface area contributed by atoms with Crippen LogP contribution in [0, 0.1) is 0 Å². The number of ether oxygens (including phenoxy) is 1. The molecule has 2 aromatic heterocycles. The van der Waals surface area contributed by atoms with Crippen LogP contribution in [-0.2, 0) is 16.1 Å². The molecule has 3 heterocycles. The Morgan fingerprint density at radius 1 is 1.17 bits per heavy atom. The van der Waals surface area contributed by atoms with Crippen LogP contribution in [0.2, 0.25) is 0 Å². The van der Waals surface area contributed by atoms with E-state index in [1.54, 1.807) is 11.0 Å². The lowest BCUT2D eigenvalue weighted by atomic mass is 10.2. The van der Waals surface area contributed by atoms with E-state index < -0.39 is 0 Å². The van der Waals surface area contributed by atoms with E-state index in [0.29, 0.717) is 29.3 Å². The van der Waals surface area contributed by atoms with Crippen LogP contribution in [0.3, 0.4) is 0 Å². The predicted molar refractivity (Wildman–Crippen MR) is 117 cm³/mol. The summed E-state index contributed by atoms with van der Waals surface area (Å²) >= 11 is 1.47. The zero-order valence-electron chi connectivity index (χ0n) is 16.2. The highest BCUT2D eigenvalue weighted by molar-refractivity contribution is 7.22. The average Bonchev–Trinajstić information content (AvgIpc) is 3.43. The lowest BCUT2D eigenvalue weighted by Crippen LogP contribution is -2.41. The van der Waals surface area contributed by atoms with E-state index in [0.717, 1.165) is 23.1 Å². The van der Waals surface area contributed by atoms with Crippen molar-refractivity contribution in [2.75, 3.05) is 18.1 Å². The van der Waals surface area contributed by atoms with Gasteiger partial charge in [-0.2, -0.15) is 0 Å². The Labute approximate surface area is 176 Å². The number of thiazole rings is 1. The lowest BCUT2D eigenvalue weighted by molar-refractivity contribution is -0.119. The maximum Gasteiger partial charge on any atom is 0.269 e. The summed E-state index contributed by atoms with van der Waals surface area (Å²) in [6, 6.07) is 15.1. The summed E-state index contributed by atoms with van der Waals surface area (Å²) in [5, 5.41) is 0.628. The van der Waals surface area contributed by atoms with E-state index in [-0.39, 0.29) is 24.1 Å². The molecule has 1 atom stereocenters. The zero-order valence-corrected chi connectivity index (χ0v) is 17.0. The highest BCUT2D eigenvalue weighted by Crippen LogP contribution is 2.30. The second-order valence-corrected chi connectivity index (χ2v) is 8.28. The molecule has 8 heteroatoms. The van der Waals surface area contributed by atoms with Crippen molar-refractivity contribution >= 4 is 43.6 Å². The van der Waals surface area contributed by atoms with Gasteiger partial charge in [0.05, 0.1) is 40.1 Å². The Balaban J connectivity index is 1.52. The molecular formula is C22H20N4O3S. The van der Waals surface area contributed by atoms with Gasteiger partial charge in [0, 0.05) is 6.61 Å². The Hall–Kier alpha value is -3.10. The molecule has 4 aromatic rings. The summed E-state index contributed by atoms with van der Waals surface area (Å²) in [5.74, 6) is -0.192. The summed E-state index contributed by atoms with van der Waals surface area (Å²) in [5.41, 5.74) is 1.87. The van der Waals surface area contributed by atoms with Gasteiger partial charge in [-0.05, 0) is 37.1 Å². The molecule has 152 valence electrons. The van der Waals surface area contributed by atoms with Gasteiger partial charge in [-0.15, -0.1) is 0 Å². The maximum atomic E-state index is 13.4. The third kappa shape index (κ3) is 3.59. The van der Waals surface area contributed by atoms with E-state index in [9.17, 15) is 9.59 Å². The molecule has 0 saturated carbocycles. The van der Waals surface area contributed by atoms with Crippen molar-refractivity contribution in [1.82, 2.24) is 14.5 Å². The monoisotopic (exact) mass is 420 g/mol. The molecule has 30 heavy (non-hydrogen) atoms. The fraction of sp³-hybridized carbons (Fsp3) is 0.273. The molecule has 1 aliphatic heterocycles. The number of amides is 1. The van der Waals surface area contributed by atoms with Crippen molar-refractivity contribution in [1.29, 1.82) is 0 Å². The van der Waals surface area contributed by atoms with Gasteiger partial charge in [0.2, 0.25) is 5.91 Å². The second-order valence-electron chi connectivity index (χ2n) is 7.27. The van der Waals surface area contributed by atoms with Gasteiger partial charge in [0.25, 0.3) is 5.56 Å². The number of fused-ring (bicyclic) bond motifs is 2. The van der Waals surface area contributed by atoms with Crippen molar-refractivity contribution < 1.29 is 9.53 Å². The molecule has 0 spiro atoms. The lowest BCUT2D eigenvalue weighted by Gasteiger charge is -2.23. The second kappa shape index (κ2) is 7.97. The molecule has 0 radical (unpaired) electrons. The fourth-order valence-corrected chi connectivity index (χ4v) is 4.74. The zero-order chi connectivity index (χ0) is 20.5. The van der Waals surface area contributed by atoms with Crippen molar-refractivity contribution in [3.63, 3.8) is 0 Å². The minimum atomic E-state index is -0.302. The number of nitrogens with zero attached hydrogens (tertiary/aromatic N) is 4. The molecule has 0 N–H and O–H groups in total. The highest BCUT2D eigenvalue weighted by atomic mass is 32.1. The standard InChI is InChI=1S/C22H20N4O3S/c27-20-12-23-16-7-1-3-9-18(16)25(20)14-21(28)26(13-15-6-5-11-29-15)22-24-17-8-2-4-10-19(17)30-22/h1-4,7-10,12,15H,5-6,11,13-14H2. The van der Waals surface area contributed by atoms with Crippen LogP contribution in [0.15, 0.2) is 59.5 Å². The molecule has 5 rings (SSSR count). The van der Waals surface area contributed by atoms with Gasteiger partial charge in [-0.3, -0.25) is 19.1 Å². The summed E-state index contributed by atoms with van der Waals surface area (Å²) in [7, 11) is 0. The van der Waals surface area contributed by atoms with Crippen LogP contribution >= 0.6 is 11.3 Å². The van der Waals surface area contributed by atoms with E-state index in [1.807, 2.05) is 42.5 Å². The van der Waals surface area contributed by atoms with Gasteiger partial charge in [-0.25, -0.2) is 9.97 Å². The van der Waals surface area contributed by atoms with Crippen molar-refractivity contribution in [3.05, 3.63) is 65.1 Å². The Kier molecular flexibility index (Phi) is 5.02. The minimum absolute atomic E-state index is 0.0214. The largest absolute Gasteiger partial charge is 0.376 e. The molecule has 0 bridgehead atoms. The quantitative estimate of drug-likeness (QED) is 0.495. The summed E-state index contributed by atoms with van der Waals surface area (Å²) < 4.78 is 8.27. The first-order valence-corrected chi connectivity index (χ1v) is 10.7. The third-order valence-corrected chi connectivity index (χ3v) is 6.33. The predicted octanol–water partition coefficient (Wildman–Crippen LogP) is 3.22. The first-order chi connectivity index (χ1) is 14.7. The summed E-state index contributed by atoms with van der Waals surface area (Å²) in [6.45, 7) is 1.06. The van der Waals surface area contributed by atoms with Crippen LogP contribution in [-0.4, -0.2) is 39.7 Å². The molecule has 0 aliphatic carbocycles. The van der Waals surface area contributed by atoms with Crippen LogP contribution in [0.25, 0.3) is 21.3 Å². The maximum absolute atomic E-state index is 13.4. The molecule has 7 nitrogen and oxygen atoms in total. The molecule has 1 saturated heterocycles. The molecule has 1 fully saturated rings. The normalized spacial score (nSPS) is 16.3. The molecule has 2 aromatic carbocycles. The highest BCUT2D eigenvalue weighted by Gasteiger charge is 2.26. The van der Waals surface area contributed by atoms with Crippen molar-refractivity contribution in [3.8, 4) is 0 Å². The average molecular weight is 420 g/mol. The first kappa shape index (κ1) is 18.9. The van der Waals surface area contributed by atoms with Gasteiger partial charge < -0.3 is 4.74 Å². The number of carbonyl (C=O) groups is 1. The molecule has 1 amide bonds. The van der Waals surface area contributed by atoms with Crippen LogP contribution in [0.5, 0.6) is 0 Å². The number of hydrogen-bond acceptors (Lipinski definition) is 6. The van der Waals surface area contributed by atoms with E-state index in [2.05, 4.69) is 9.97 Å². The molecule has 1 aliphatic rings. The van der Waals surface area contributed by atoms with E-state index in [4.69, 9.17) is 4.74 Å². The van der Waals surface area contributed by atoms with Crippen LogP contribution < -0.4 is 10.5 Å². The SMILES string of the molecule is O=C(Cn1c(=O)cnc2ccccc21)N(CC1CCCO1)c1nc2ccccc2s1. The molecular weight excluding hydrogens is 400 g/mol. The smallest absolute Gasteiger partial charge is 0.269 e. The number of carbonyl (C=O) groups excluding carboxylic acids is 1. The first-order valence-electron chi connectivity index (χ1n) is 9.91. The summed E-state index contributed by atoms with van der Waals surface area (Å²) in [4.78, 5) is 36.5. The van der Waals surface area contributed by atoms with Crippen molar-refractivity contribution in [2.24, 2.45) is 0 Å². The van der Waals surface area contributed by atoms with Gasteiger partial charge in [-0.1, -0.05) is 35.6 Å². The number of aromatic nitrogens is 3. The number of hydrogen-bond donors (Lipinski definition) is 0. The Bertz CT molecular complexity index is 1240. The van der Waals surface area contributed by atoms with Crippen LogP contribution in [0.1, 0.15) is 12.8 Å². The fourth-order valence-electron chi connectivity index (χ4n) is 3.75. The van der Waals surface area contributed by atoms with Gasteiger partial charge >= 0.3 is 0 Å². The third-order valence-electron chi connectivity index (χ3n) is 5.27. The number of benzene rings is 2. The summed E-state index contributed by atoms with van der Waals surface area (Å²) in [6.07, 6.45) is 3.14.